The molecule has 0 bridgehead atoms. The van der Waals surface area contributed by atoms with Crippen LogP contribution in [0.5, 0.6) is 11.5 Å². The third-order valence-corrected chi connectivity index (χ3v) is 3.59. The minimum absolute atomic E-state index is 0.282. The van der Waals surface area contributed by atoms with Gasteiger partial charge in [0.05, 0.1) is 0 Å². The molecule has 19 heavy (non-hydrogen) atoms. The second kappa shape index (κ2) is 5.79. The smallest absolute Gasteiger partial charge is 0.133 e. The maximum absolute atomic E-state index is 9.42. The molecule has 0 aliphatic carbocycles. The quantitative estimate of drug-likeness (QED) is 0.854. The number of benzene rings is 2. The van der Waals surface area contributed by atoms with Crippen LogP contribution in [0.15, 0.2) is 54.6 Å². The molecule has 0 aliphatic rings. The first-order valence-corrected chi connectivity index (χ1v) is 6.74. The van der Waals surface area contributed by atoms with Crippen LogP contribution in [0.3, 0.4) is 0 Å². The maximum atomic E-state index is 9.42. The van der Waals surface area contributed by atoms with Crippen molar-refractivity contribution in [1.29, 1.82) is 0 Å². The summed E-state index contributed by atoms with van der Waals surface area (Å²) in [5, 5.41) is 9.42. The predicted octanol–water partition coefficient (Wildman–Crippen LogP) is 4.49. The minimum Gasteiger partial charge on any atom is -0.508 e. The highest BCUT2D eigenvalue weighted by Crippen LogP contribution is 2.35. The van der Waals surface area contributed by atoms with E-state index in [-0.39, 0.29) is 11.4 Å². The summed E-state index contributed by atoms with van der Waals surface area (Å²) in [5.74, 6) is 1.16. The van der Waals surface area contributed by atoms with Crippen LogP contribution >= 0.6 is 0 Å². The average Bonchev–Trinajstić information content (AvgIpc) is 2.47. The van der Waals surface area contributed by atoms with Gasteiger partial charge in [0.25, 0.3) is 0 Å². The molecule has 0 spiro atoms. The van der Waals surface area contributed by atoms with Gasteiger partial charge in [0.1, 0.15) is 17.1 Å². The van der Waals surface area contributed by atoms with E-state index in [2.05, 4.69) is 13.8 Å². The van der Waals surface area contributed by atoms with Gasteiger partial charge in [-0.15, -0.1) is 0 Å². The Morgan fingerprint density at radius 1 is 0.895 bits per heavy atom. The molecule has 100 valence electrons. The van der Waals surface area contributed by atoms with Crippen molar-refractivity contribution < 1.29 is 9.84 Å². The van der Waals surface area contributed by atoms with Crippen molar-refractivity contribution in [3.05, 3.63) is 60.2 Å². The van der Waals surface area contributed by atoms with E-state index in [1.807, 2.05) is 42.5 Å². The van der Waals surface area contributed by atoms with Crippen LogP contribution < -0.4 is 4.74 Å². The Morgan fingerprint density at radius 2 is 1.47 bits per heavy atom. The largest absolute Gasteiger partial charge is 0.508 e. The van der Waals surface area contributed by atoms with E-state index in [0.29, 0.717) is 0 Å². The van der Waals surface area contributed by atoms with Gasteiger partial charge in [-0.05, 0) is 42.7 Å². The topological polar surface area (TPSA) is 29.5 Å². The first-order chi connectivity index (χ1) is 9.20. The molecular formula is C17H20O2. The van der Waals surface area contributed by atoms with Gasteiger partial charge in [0, 0.05) is 0 Å². The lowest BCUT2D eigenvalue weighted by atomic mass is 9.88. The summed E-state index contributed by atoms with van der Waals surface area (Å²) >= 11 is 0. The fourth-order valence-electron chi connectivity index (χ4n) is 2.34. The van der Waals surface area contributed by atoms with Gasteiger partial charge in [-0.3, -0.25) is 0 Å². The fraction of sp³-hybridized carbons (Fsp3) is 0.294. The number of hydrogen-bond donors (Lipinski definition) is 1. The minimum atomic E-state index is -0.338. The Morgan fingerprint density at radius 3 is 2.00 bits per heavy atom. The SMILES string of the molecule is CCC(CC)(Oc1ccccc1)c1ccc(O)cc1. The Hall–Kier alpha value is -1.96. The lowest BCUT2D eigenvalue weighted by Gasteiger charge is -2.33. The molecular weight excluding hydrogens is 236 g/mol. The molecule has 0 saturated carbocycles. The van der Waals surface area contributed by atoms with Crippen LogP contribution in [0.2, 0.25) is 0 Å². The second-order valence-corrected chi connectivity index (χ2v) is 4.66. The molecule has 1 N–H and O–H groups in total. The van der Waals surface area contributed by atoms with Crippen LogP contribution in [0, 0.1) is 0 Å². The third kappa shape index (κ3) is 2.90. The normalized spacial score (nSPS) is 11.3. The Bertz CT molecular complexity index is 499. The molecule has 0 heterocycles. The van der Waals surface area contributed by atoms with E-state index < -0.39 is 0 Å². The highest BCUT2D eigenvalue weighted by Gasteiger charge is 2.30. The monoisotopic (exact) mass is 256 g/mol. The zero-order valence-corrected chi connectivity index (χ0v) is 11.5. The summed E-state index contributed by atoms with van der Waals surface area (Å²) in [5.41, 5.74) is 0.758. The third-order valence-electron chi connectivity index (χ3n) is 3.59. The molecule has 0 radical (unpaired) electrons. The number of phenolic OH excluding ortho intramolecular Hbond substituents is 1. The van der Waals surface area contributed by atoms with E-state index in [4.69, 9.17) is 4.74 Å². The van der Waals surface area contributed by atoms with Gasteiger partial charge in [-0.2, -0.15) is 0 Å². The van der Waals surface area contributed by atoms with Crippen LogP contribution in [-0.4, -0.2) is 5.11 Å². The number of hydrogen-bond acceptors (Lipinski definition) is 2. The van der Waals surface area contributed by atoms with Crippen LogP contribution in [0.1, 0.15) is 32.3 Å². The number of ether oxygens (including phenoxy) is 1. The molecule has 2 rings (SSSR count). The number of aromatic hydroxyl groups is 1. The van der Waals surface area contributed by atoms with Crippen molar-refractivity contribution >= 4 is 0 Å². The predicted molar refractivity (Wildman–Crippen MR) is 77.4 cm³/mol. The van der Waals surface area contributed by atoms with E-state index >= 15 is 0 Å². The summed E-state index contributed by atoms with van der Waals surface area (Å²) < 4.78 is 6.24. The lowest BCUT2D eigenvalue weighted by molar-refractivity contribution is 0.0573. The number of phenols is 1. The van der Waals surface area contributed by atoms with Gasteiger partial charge in [0.2, 0.25) is 0 Å². The van der Waals surface area contributed by atoms with Crippen LogP contribution in [0.25, 0.3) is 0 Å². The highest BCUT2D eigenvalue weighted by molar-refractivity contribution is 5.32. The number of para-hydroxylation sites is 1. The zero-order chi connectivity index (χ0) is 13.7. The summed E-state index contributed by atoms with van der Waals surface area (Å²) in [4.78, 5) is 0. The summed E-state index contributed by atoms with van der Waals surface area (Å²) in [6.45, 7) is 4.25. The summed E-state index contributed by atoms with van der Waals surface area (Å²) in [6.07, 6.45) is 1.76. The molecule has 0 aromatic heterocycles. The van der Waals surface area contributed by atoms with Gasteiger partial charge in [-0.25, -0.2) is 0 Å². The molecule has 2 nitrogen and oxygen atoms in total. The fourth-order valence-corrected chi connectivity index (χ4v) is 2.34. The Labute approximate surface area is 114 Å². The summed E-state index contributed by atoms with van der Waals surface area (Å²) in [7, 11) is 0. The van der Waals surface area contributed by atoms with Crippen LogP contribution in [0.4, 0.5) is 0 Å². The standard InChI is InChI=1S/C17H20O2/c1-3-17(4-2,14-10-12-15(18)13-11-14)19-16-8-6-5-7-9-16/h5-13,18H,3-4H2,1-2H3. The van der Waals surface area contributed by atoms with Crippen molar-refractivity contribution in [3.63, 3.8) is 0 Å². The molecule has 0 unspecified atom stereocenters. The van der Waals surface area contributed by atoms with Gasteiger partial charge in [-0.1, -0.05) is 44.2 Å². The first-order valence-electron chi connectivity index (χ1n) is 6.74. The van der Waals surface area contributed by atoms with Crippen molar-refractivity contribution in [2.45, 2.75) is 32.3 Å². The van der Waals surface area contributed by atoms with Gasteiger partial charge >= 0.3 is 0 Å². The van der Waals surface area contributed by atoms with E-state index in [0.717, 1.165) is 24.2 Å². The first kappa shape index (κ1) is 13.5. The molecule has 2 heteroatoms. The molecule has 0 amide bonds. The molecule has 2 aromatic rings. The van der Waals surface area contributed by atoms with Crippen molar-refractivity contribution in [2.24, 2.45) is 0 Å². The van der Waals surface area contributed by atoms with E-state index in [1.165, 1.54) is 0 Å². The van der Waals surface area contributed by atoms with Gasteiger partial charge < -0.3 is 9.84 Å². The lowest BCUT2D eigenvalue weighted by Crippen LogP contribution is -2.31. The van der Waals surface area contributed by atoms with Crippen molar-refractivity contribution in [3.8, 4) is 11.5 Å². The molecule has 0 atom stereocenters. The number of rotatable bonds is 5. The molecule has 0 fully saturated rings. The Balaban J connectivity index is 2.34. The molecule has 0 saturated heterocycles. The highest BCUT2D eigenvalue weighted by atomic mass is 16.5. The van der Waals surface area contributed by atoms with E-state index in [1.54, 1.807) is 12.1 Å². The molecule has 2 aromatic carbocycles. The summed E-state index contributed by atoms with van der Waals surface area (Å²) in [6, 6.07) is 17.2. The van der Waals surface area contributed by atoms with Gasteiger partial charge in [0.15, 0.2) is 0 Å². The van der Waals surface area contributed by atoms with Crippen molar-refractivity contribution in [2.75, 3.05) is 0 Å². The van der Waals surface area contributed by atoms with Crippen LogP contribution in [-0.2, 0) is 5.60 Å². The Kier molecular flexibility index (Phi) is 4.10. The molecule has 0 aliphatic heterocycles. The average molecular weight is 256 g/mol. The van der Waals surface area contributed by atoms with E-state index in [9.17, 15) is 5.11 Å². The second-order valence-electron chi connectivity index (χ2n) is 4.66. The van der Waals surface area contributed by atoms with Crippen molar-refractivity contribution in [1.82, 2.24) is 0 Å². The zero-order valence-electron chi connectivity index (χ0n) is 11.5. The maximum Gasteiger partial charge on any atom is 0.133 e.